The number of primary sulfonamides is 1. The Morgan fingerprint density at radius 3 is 2.76 bits per heavy atom. The third-order valence-corrected chi connectivity index (χ3v) is 5.36. The summed E-state index contributed by atoms with van der Waals surface area (Å²) in [5.74, 6) is 0.356. The molecule has 0 unspecified atom stereocenters. The van der Waals surface area contributed by atoms with Crippen molar-refractivity contribution >= 4 is 32.7 Å². The van der Waals surface area contributed by atoms with Gasteiger partial charge in [-0.25, -0.2) is 28.5 Å². The van der Waals surface area contributed by atoms with Gasteiger partial charge >= 0.3 is 0 Å². The number of anilines is 2. The Labute approximate surface area is 168 Å². The van der Waals surface area contributed by atoms with Gasteiger partial charge in [0, 0.05) is 41.8 Å². The van der Waals surface area contributed by atoms with E-state index in [0.29, 0.717) is 11.6 Å². The Hall–Kier alpha value is -3.30. The van der Waals surface area contributed by atoms with Gasteiger partial charge in [0.25, 0.3) is 0 Å². The molecular weight excluding hydrogens is 388 g/mol. The summed E-state index contributed by atoms with van der Waals surface area (Å²) in [5.41, 5.74) is 3.16. The molecule has 4 aromatic rings. The third kappa shape index (κ3) is 3.96. The molecule has 3 N–H and O–H groups in total. The van der Waals surface area contributed by atoms with E-state index in [1.54, 1.807) is 24.5 Å². The van der Waals surface area contributed by atoms with E-state index in [4.69, 9.17) is 5.14 Å². The van der Waals surface area contributed by atoms with E-state index in [1.807, 2.05) is 18.2 Å². The number of fused-ring (bicyclic) bond motifs is 1. The summed E-state index contributed by atoms with van der Waals surface area (Å²) >= 11 is 0. The second kappa shape index (κ2) is 7.61. The van der Waals surface area contributed by atoms with Crippen molar-refractivity contribution < 1.29 is 8.42 Å². The smallest absolute Gasteiger partial charge is 0.238 e. The van der Waals surface area contributed by atoms with Crippen molar-refractivity contribution in [2.45, 2.75) is 24.8 Å². The monoisotopic (exact) mass is 408 g/mol. The quantitative estimate of drug-likeness (QED) is 0.506. The van der Waals surface area contributed by atoms with E-state index in [-0.39, 0.29) is 4.90 Å². The van der Waals surface area contributed by atoms with Crippen LogP contribution in [0.1, 0.15) is 13.3 Å². The minimum absolute atomic E-state index is 0.0207. The molecule has 29 heavy (non-hydrogen) atoms. The number of nitrogens with one attached hydrogen (secondary N) is 1. The second-order valence-corrected chi connectivity index (χ2v) is 8.14. The van der Waals surface area contributed by atoms with Gasteiger partial charge in [0.05, 0.1) is 10.6 Å². The summed E-state index contributed by atoms with van der Waals surface area (Å²) in [4.78, 5) is 13.4. The predicted molar refractivity (Wildman–Crippen MR) is 112 cm³/mol. The van der Waals surface area contributed by atoms with Gasteiger partial charge < -0.3 is 9.88 Å². The van der Waals surface area contributed by atoms with Crippen LogP contribution in [-0.2, 0) is 16.6 Å². The molecule has 1 aromatic carbocycles. The van der Waals surface area contributed by atoms with Crippen molar-refractivity contribution in [3.05, 3.63) is 61.1 Å². The molecular formula is C20H20N6O2S. The van der Waals surface area contributed by atoms with Gasteiger partial charge in [-0.15, -0.1) is 0 Å². The highest BCUT2D eigenvalue weighted by Crippen LogP contribution is 2.29. The summed E-state index contributed by atoms with van der Waals surface area (Å²) in [6.07, 6.45) is 6.49. The number of rotatable bonds is 6. The van der Waals surface area contributed by atoms with E-state index < -0.39 is 10.0 Å². The van der Waals surface area contributed by atoms with Crippen LogP contribution < -0.4 is 10.5 Å². The Morgan fingerprint density at radius 1 is 1.10 bits per heavy atom. The Balaban J connectivity index is 1.71. The fourth-order valence-corrected chi connectivity index (χ4v) is 3.75. The topological polar surface area (TPSA) is 116 Å². The number of sulfonamides is 1. The van der Waals surface area contributed by atoms with Gasteiger partial charge in [-0.1, -0.05) is 13.0 Å². The SMILES string of the molecule is CCCn1cc(-c2ccnc(Nc3cccc(S(N)(=O)=O)c3)n2)c2cccnc21. The zero-order chi connectivity index (χ0) is 20.4. The van der Waals surface area contributed by atoms with Gasteiger partial charge in [0.15, 0.2) is 0 Å². The standard InChI is InChI=1S/C20H20N6O2S/c1-2-11-26-13-17(16-7-4-9-22-19(16)26)18-8-10-23-20(25-18)24-14-5-3-6-15(12-14)29(21,27)28/h3-10,12-13H,2,11H2,1H3,(H2,21,27,28)(H,23,24,25). The highest BCUT2D eigenvalue weighted by Gasteiger charge is 2.13. The minimum Gasteiger partial charge on any atom is -0.332 e. The summed E-state index contributed by atoms with van der Waals surface area (Å²) in [7, 11) is -3.79. The van der Waals surface area contributed by atoms with E-state index >= 15 is 0 Å². The number of hydrogen-bond donors (Lipinski definition) is 2. The predicted octanol–water partition coefficient (Wildman–Crippen LogP) is 3.29. The van der Waals surface area contributed by atoms with Crippen molar-refractivity contribution in [3.8, 4) is 11.3 Å². The number of aromatic nitrogens is 4. The first kappa shape index (κ1) is 19.0. The number of aryl methyl sites for hydroxylation is 1. The number of benzene rings is 1. The molecule has 9 heteroatoms. The number of pyridine rings is 1. The van der Waals surface area contributed by atoms with Crippen LogP contribution >= 0.6 is 0 Å². The lowest BCUT2D eigenvalue weighted by molar-refractivity contribution is 0.598. The molecule has 0 saturated heterocycles. The molecule has 148 valence electrons. The first-order valence-corrected chi connectivity index (χ1v) is 10.7. The van der Waals surface area contributed by atoms with Crippen molar-refractivity contribution in [2.75, 3.05) is 5.32 Å². The highest BCUT2D eigenvalue weighted by molar-refractivity contribution is 7.89. The van der Waals surface area contributed by atoms with Gasteiger partial charge in [-0.05, 0) is 42.8 Å². The summed E-state index contributed by atoms with van der Waals surface area (Å²) in [5, 5.41) is 9.26. The third-order valence-electron chi connectivity index (χ3n) is 4.45. The van der Waals surface area contributed by atoms with Gasteiger partial charge in [-0.2, -0.15) is 0 Å². The zero-order valence-electron chi connectivity index (χ0n) is 15.8. The van der Waals surface area contributed by atoms with Gasteiger partial charge in [-0.3, -0.25) is 0 Å². The van der Waals surface area contributed by atoms with Crippen LogP contribution in [0, 0.1) is 0 Å². The Kier molecular flexibility index (Phi) is 4.99. The maximum atomic E-state index is 11.6. The summed E-state index contributed by atoms with van der Waals surface area (Å²) < 4.78 is 25.3. The molecule has 0 saturated carbocycles. The van der Waals surface area contributed by atoms with Crippen molar-refractivity contribution in [1.82, 2.24) is 19.5 Å². The lowest BCUT2D eigenvalue weighted by Crippen LogP contribution is -2.12. The molecule has 0 aliphatic heterocycles. The van der Waals surface area contributed by atoms with Crippen LogP contribution in [0.25, 0.3) is 22.3 Å². The van der Waals surface area contributed by atoms with Crippen molar-refractivity contribution in [2.24, 2.45) is 5.14 Å². The van der Waals surface area contributed by atoms with E-state index in [0.717, 1.165) is 35.3 Å². The Morgan fingerprint density at radius 2 is 1.97 bits per heavy atom. The molecule has 0 fully saturated rings. The molecule has 0 radical (unpaired) electrons. The fraction of sp³-hybridized carbons (Fsp3) is 0.150. The van der Waals surface area contributed by atoms with Gasteiger partial charge in [0.2, 0.25) is 16.0 Å². The van der Waals surface area contributed by atoms with Crippen LogP contribution in [0.4, 0.5) is 11.6 Å². The van der Waals surface area contributed by atoms with Crippen LogP contribution in [0.2, 0.25) is 0 Å². The molecule has 0 aliphatic rings. The molecule has 4 rings (SSSR count). The highest BCUT2D eigenvalue weighted by atomic mass is 32.2. The molecule has 8 nitrogen and oxygen atoms in total. The maximum Gasteiger partial charge on any atom is 0.238 e. The zero-order valence-corrected chi connectivity index (χ0v) is 16.6. The number of hydrogen-bond acceptors (Lipinski definition) is 6. The summed E-state index contributed by atoms with van der Waals surface area (Å²) in [6, 6.07) is 12.0. The molecule has 0 spiro atoms. The number of nitrogens with zero attached hydrogens (tertiary/aromatic N) is 4. The van der Waals surface area contributed by atoms with Crippen LogP contribution in [-0.4, -0.2) is 27.9 Å². The normalized spacial score (nSPS) is 11.7. The van der Waals surface area contributed by atoms with Crippen LogP contribution in [0.15, 0.2) is 66.0 Å². The van der Waals surface area contributed by atoms with E-state index in [2.05, 4.69) is 38.0 Å². The Bertz CT molecular complexity index is 1280. The molecule has 0 bridgehead atoms. The minimum atomic E-state index is -3.79. The molecule has 0 aliphatic carbocycles. The second-order valence-electron chi connectivity index (χ2n) is 6.57. The average Bonchev–Trinajstić information content (AvgIpc) is 3.07. The van der Waals surface area contributed by atoms with Gasteiger partial charge in [0.1, 0.15) is 5.65 Å². The average molecular weight is 408 g/mol. The molecule has 3 heterocycles. The van der Waals surface area contributed by atoms with E-state index in [9.17, 15) is 8.42 Å². The van der Waals surface area contributed by atoms with Crippen LogP contribution in [0.5, 0.6) is 0 Å². The van der Waals surface area contributed by atoms with E-state index in [1.165, 1.54) is 12.1 Å². The summed E-state index contributed by atoms with van der Waals surface area (Å²) in [6.45, 7) is 2.99. The van der Waals surface area contributed by atoms with Crippen LogP contribution in [0.3, 0.4) is 0 Å². The van der Waals surface area contributed by atoms with Crippen molar-refractivity contribution in [3.63, 3.8) is 0 Å². The lowest BCUT2D eigenvalue weighted by atomic mass is 10.1. The maximum absolute atomic E-state index is 11.6. The fourth-order valence-electron chi connectivity index (χ4n) is 3.19. The molecule has 0 atom stereocenters. The molecule has 0 amide bonds. The largest absolute Gasteiger partial charge is 0.332 e. The first-order valence-electron chi connectivity index (χ1n) is 9.13. The first-order chi connectivity index (χ1) is 14.0. The van der Waals surface area contributed by atoms with Crippen molar-refractivity contribution in [1.29, 1.82) is 0 Å². The molecule has 3 aromatic heterocycles. The lowest BCUT2D eigenvalue weighted by Gasteiger charge is -2.07. The number of nitrogens with two attached hydrogens (primary N) is 1.